The molecule has 0 aliphatic rings. The molecule has 0 heterocycles. The van der Waals surface area contributed by atoms with Crippen molar-refractivity contribution in [2.45, 2.75) is 33.3 Å². The Hall–Kier alpha value is -2.57. The number of benzene rings is 1. The van der Waals surface area contributed by atoms with Gasteiger partial charge in [0.2, 0.25) is 0 Å². The number of rotatable bonds is 5. The van der Waals surface area contributed by atoms with Gasteiger partial charge < -0.3 is 14.6 Å². The number of hydrazone groups is 1. The van der Waals surface area contributed by atoms with Gasteiger partial charge in [0.25, 0.3) is 0 Å². The third-order valence-electron chi connectivity index (χ3n) is 2.33. The molecule has 0 aliphatic heterocycles. The fourth-order valence-electron chi connectivity index (χ4n) is 1.45. The minimum atomic E-state index is -1.05. The summed E-state index contributed by atoms with van der Waals surface area (Å²) in [5.74, 6) is -0.644. The third-order valence-corrected chi connectivity index (χ3v) is 2.33. The van der Waals surface area contributed by atoms with Gasteiger partial charge in [0.05, 0.1) is 5.71 Å². The molecule has 1 rings (SSSR count). The second-order valence-corrected chi connectivity index (χ2v) is 5.52. The molecule has 2 N–H and O–H groups in total. The van der Waals surface area contributed by atoms with Crippen molar-refractivity contribution in [3.63, 3.8) is 0 Å². The Balaban J connectivity index is 2.70. The van der Waals surface area contributed by atoms with E-state index in [9.17, 15) is 9.59 Å². The fraction of sp³-hybridized carbons (Fsp3) is 0.400. The highest BCUT2D eigenvalue weighted by atomic mass is 16.6. The maximum absolute atomic E-state index is 11.5. The van der Waals surface area contributed by atoms with Gasteiger partial charge in [-0.2, -0.15) is 5.10 Å². The van der Waals surface area contributed by atoms with Crippen LogP contribution in [0.1, 0.15) is 33.3 Å². The molecular weight excluding hydrogens is 288 g/mol. The average Bonchev–Trinajstić information content (AvgIpc) is 2.41. The maximum atomic E-state index is 11.5. The molecule has 0 spiro atoms. The molecule has 0 unspecified atom stereocenters. The molecule has 1 aromatic rings. The van der Waals surface area contributed by atoms with Gasteiger partial charge in [-0.15, -0.1) is 0 Å². The summed E-state index contributed by atoms with van der Waals surface area (Å²) < 4.78 is 10.1. The summed E-state index contributed by atoms with van der Waals surface area (Å²) in [6, 6.07) is 6.75. The number of hydrogen-bond acceptors (Lipinski definition) is 5. The summed E-state index contributed by atoms with van der Waals surface area (Å²) in [6.07, 6.45) is -0.648. The molecule has 0 saturated carbocycles. The molecule has 7 heteroatoms. The van der Waals surface area contributed by atoms with Gasteiger partial charge in [0.15, 0.2) is 6.61 Å². The Morgan fingerprint density at radius 1 is 1.32 bits per heavy atom. The maximum Gasteiger partial charge on any atom is 0.428 e. The molecule has 22 heavy (non-hydrogen) atoms. The molecule has 0 radical (unpaired) electrons. The van der Waals surface area contributed by atoms with Crippen molar-refractivity contribution in [1.82, 2.24) is 5.43 Å². The predicted octanol–water partition coefficient (Wildman–Crippen LogP) is 2.40. The van der Waals surface area contributed by atoms with Crippen molar-refractivity contribution in [2.75, 3.05) is 6.61 Å². The highest BCUT2D eigenvalue weighted by Crippen LogP contribution is 2.14. The highest BCUT2D eigenvalue weighted by molar-refractivity contribution is 5.99. The zero-order chi connectivity index (χ0) is 16.8. The largest absolute Gasteiger partial charge is 0.482 e. The van der Waals surface area contributed by atoms with Gasteiger partial charge >= 0.3 is 12.1 Å². The van der Waals surface area contributed by atoms with Crippen molar-refractivity contribution < 1.29 is 24.2 Å². The van der Waals surface area contributed by atoms with E-state index < -0.39 is 24.3 Å². The molecule has 1 aromatic carbocycles. The van der Waals surface area contributed by atoms with E-state index in [2.05, 4.69) is 10.5 Å². The summed E-state index contributed by atoms with van der Waals surface area (Å²) in [6.45, 7) is 6.55. The molecule has 0 bridgehead atoms. The van der Waals surface area contributed by atoms with Crippen LogP contribution in [0, 0.1) is 0 Å². The van der Waals surface area contributed by atoms with E-state index in [1.54, 1.807) is 52.0 Å². The quantitative estimate of drug-likeness (QED) is 0.643. The van der Waals surface area contributed by atoms with Gasteiger partial charge in [-0.1, -0.05) is 12.1 Å². The minimum Gasteiger partial charge on any atom is -0.482 e. The molecular formula is C15H20N2O5. The van der Waals surface area contributed by atoms with Gasteiger partial charge in [0.1, 0.15) is 11.4 Å². The van der Waals surface area contributed by atoms with Crippen molar-refractivity contribution in [3.05, 3.63) is 29.8 Å². The lowest BCUT2D eigenvalue weighted by molar-refractivity contribution is -0.139. The van der Waals surface area contributed by atoms with E-state index >= 15 is 0 Å². The first-order chi connectivity index (χ1) is 10.2. The number of hydrogen-bond donors (Lipinski definition) is 2. The van der Waals surface area contributed by atoms with E-state index in [-0.39, 0.29) is 0 Å². The van der Waals surface area contributed by atoms with Crippen LogP contribution in [0.5, 0.6) is 5.75 Å². The molecule has 0 aromatic heterocycles. The van der Waals surface area contributed by atoms with E-state index in [0.29, 0.717) is 17.0 Å². The van der Waals surface area contributed by atoms with E-state index in [0.717, 1.165) is 0 Å². The van der Waals surface area contributed by atoms with Gasteiger partial charge in [0, 0.05) is 5.56 Å². The van der Waals surface area contributed by atoms with Crippen LogP contribution in [0.4, 0.5) is 4.79 Å². The number of carbonyl (C=O) groups is 2. The van der Waals surface area contributed by atoms with Crippen LogP contribution >= 0.6 is 0 Å². The number of amides is 1. The topological polar surface area (TPSA) is 97.2 Å². The molecule has 120 valence electrons. The van der Waals surface area contributed by atoms with Crippen molar-refractivity contribution in [3.8, 4) is 5.75 Å². The van der Waals surface area contributed by atoms with Crippen LogP contribution in [0.15, 0.2) is 29.4 Å². The van der Waals surface area contributed by atoms with Crippen molar-refractivity contribution in [1.29, 1.82) is 0 Å². The Morgan fingerprint density at radius 2 is 2.00 bits per heavy atom. The summed E-state index contributed by atoms with van der Waals surface area (Å²) in [7, 11) is 0. The normalized spacial score (nSPS) is 11.7. The molecule has 7 nitrogen and oxygen atoms in total. The fourth-order valence-corrected chi connectivity index (χ4v) is 1.45. The van der Waals surface area contributed by atoms with Crippen LogP contribution in [0.25, 0.3) is 0 Å². The number of carbonyl (C=O) groups excluding carboxylic acids is 1. The number of carboxylic acids is 1. The standard InChI is InChI=1S/C15H20N2O5/c1-10(16-17-14(20)22-15(2,3)4)11-6-5-7-12(8-11)21-9-13(18)19/h5-8H,9H2,1-4H3,(H,17,20)(H,18,19)/b16-10-. The Kier molecular flexibility index (Phi) is 5.91. The number of carboxylic acid groups (broad SMARTS) is 1. The Labute approximate surface area is 128 Å². The molecule has 1 amide bonds. The first kappa shape index (κ1) is 17.5. The van der Waals surface area contributed by atoms with Crippen LogP contribution in [-0.4, -0.2) is 35.1 Å². The summed E-state index contributed by atoms with van der Waals surface area (Å²) >= 11 is 0. The second-order valence-electron chi connectivity index (χ2n) is 5.52. The van der Waals surface area contributed by atoms with Crippen LogP contribution < -0.4 is 10.2 Å². The lowest BCUT2D eigenvalue weighted by Crippen LogP contribution is -2.30. The SMILES string of the molecule is C/C(=N/NC(=O)OC(C)(C)C)c1cccc(OCC(=O)O)c1. The molecule has 0 saturated heterocycles. The van der Waals surface area contributed by atoms with Gasteiger partial charge in [-0.05, 0) is 39.8 Å². The van der Waals surface area contributed by atoms with Crippen LogP contribution in [0.2, 0.25) is 0 Å². The first-order valence-corrected chi connectivity index (χ1v) is 6.66. The summed E-state index contributed by atoms with van der Waals surface area (Å²) in [5.41, 5.74) is 2.93. The number of aliphatic carboxylic acids is 1. The molecule has 0 atom stereocenters. The number of nitrogens with one attached hydrogen (secondary N) is 1. The first-order valence-electron chi connectivity index (χ1n) is 6.66. The third kappa shape index (κ3) is 6.74. The summed E-state index contributed by atoms with van der Waals surface area (Å²) in [4.78, 5) is 22.0. The van der Waals surface area contributed by atoms with E-state index in [4.69, 9.17) is 14.6 Å². The lowest BCUT2D eigenvalue weighted by atomic mass is 10.1. The monoisotopic (exact) mass is 308 g/mol. The van der Waals surface area contributed by atoms with Gasteiger partial charge in [-0.25, -0.2) is 15.0 Å². The smallest absolute Gasteiger partial charge is 0.428 e. The van der Waals surface area contributed by atoms with Crippen molar-refractivity contribution in [2.24, 2.45) is 5.10 Å². The zero-order valence-corrected chi connectivity index (χ0v) is 13.0. The van der Waals surface area contributed by atoms with Crippen LogP contribution in [-0.2, 0) is 9.53 Å². The van der Waals surface area contributed by atoms with Crippen LogP contribution in [0.3, 0.4) is 0 Å². The number of ether oxygens (including phenoxy) is 2. The van der Waals surface area contributed by atoms with Gasteiger partial charge in [-0.3, -0.25) is 0 Å². The highest BCUT2D eigenvalue weighted by Gasteiger charge is 2.15. The minimum absolute atomic E-state index is 0.409. The Morgan fingerprint density at radius 3 is 2.59 bits per heavy atom. The zero-order valence-electron chi connectivity index (χ0n) is 13.0. The predicted molar refractivity (Wildman–Crippen MR) is 81.2 cm³/mol. The lowest BCUT2D eigenvalue weighted by Gasteiger charge is -2.18. The molecule has 0 fully saturated rings. The number of nitrogens with zero attached hydrogens (tertiary/aromatic N) is 1. The van der Waals surface area contributed by atoms with Crippen molar-refractivity contribution >= 4 is 17.8 Å². The molecule has 0 aliphatic carbocycles. The average molecular weight is 308 g/mol. The Bertz CT molecular complexity index is 576. The summed E-state index contributed by atoms with van der Waals surface area (Å²) in [5, 5.41) is 12.5. The second kappa shape index (κ2) is 7.44. The van der Waals surface area contributed by atoms with E-state index in [1.165, 1.54) is 0 Å². The van der Waals surface area contributed by atoms with E-state index in [1.807, 2.05) is 0 Å².